The highest BCUT2D eigenvalue weighted by Crippen LogP contribution is 2.33. The predicted molar refractivity (Wildman–Crippen MR) is 184 cm³/mol. The van der Waals surface area contributed by atoms with Gasteiger partial charge in [0.2, 0.25) is 11.8 Å². The van der Waals surface area contributed by atoms with E-state index in [1.54, 1.807) is 22.9 Å². The van der Waals surface area contributed by atoms with E-state index >= 15 is 0 Å². The van der Waals surface area contributed by atoms with Crippen LogP contribution in [0.3, 0.4) is 0 Å². The molecule has 0 bridgehead atoms. The molecule has 0 radical (unpaired) electrons. The summed E-state index contributed by atoms with van der Waals surface area (Å²) in [6.07, 6.45) is 4.98. The summed E-state index contributed by atoms with van der Waals surface area (Å²) in [4.78, 5) is 43.7. The number of hydrogen-bond acceptors (Lipinski definition) is 6. The summed E-state index contributed by atoms with van der Waals surface area (Å²) >= 11 is 1.65. The van der Waals surface area contributed by atoms with Crippen molar-refractivity contribution in [1.82, 2.24) is 16.0 Å². The summed E-state index contributed by atoms with van der Waals surface area (Å²) in [5, 5.41) is 9.36. The Morgan fingerprint density at radius 2 is 1.83 bits per heavy atom. The fraction of sp³-hybridized carbons (Fsp3) is 0.324. The van der Waals surface area contributed by atoms with E-state index in [1.807, 2.05) is 99.8 Å². The zero-order valence-corrected chi connectivity index (χ0v) is 27.7. The minimum absolute atomic E-state index is 0.163. The first-order chi connectivity index (χ1) is 22.2. The van der Waals surface area contributed by atoms with Crippen LogP contribution in [-0.4, -0.2) is 42.1 Å². The Balaban J connectivity index is 1.41. The third-order valence-corrected chi connectivity index (χ3v) is 8.92. The second-order valence-corrected chi connectivity index (χ2v) is 13.1. The highest BCUT2D eigenvalue weighted by Gasteiger charge is 2.33. The van der Waals surface area contributed by atoms with Crippen molar-refractivity contribution in [2.75, 3.05) is 17.7 Å². The van der Waals surface area contributed by atoms with Crippen LogP contribution in [-0.2, 0) is 29.1 Å². The molecule has 0 spiro atoms. The number of anilines is 1. The molecular formula is C37H42N4O4S. The van der Waals surface area contributed by atoms with E-state index in [1.165, 1.54) is 0 Å². The SMILES string of the molecule is CCNC(=O)c1cc(CN2C(=O)[C@H](NC(=O)CC(C)(C)NCc3ccco3)CCc3cc(SC)ccc32)ccc1-c1ccccc1. The van der Waals surface area contributed by atoms with Crippen LogP contribution in [0.1, 0.15) is 60.9 Å². The average molecular weight is 639 g/mol. The first-order valence-electron chi connectivity index (χ1n) is 15.7. The van der Waals surface area contributed by atoms with E-state index in [4.69, 9.17) is 4.42 Å². The lowest BCUT2D eigenvalue weighted by atomic mass is 9.96. The summed E-state index contributed by atoms with van der Waals surface area (Å²) < 4.78 is 5.42. The fourth-order valence-electron chi connectivity index (χ4n) is 5.81. The highest BCUT2D eigenvalue weighted by atomic mass is 32.2. The maximum atomic E-state index is 14.3. The molecule has 3 amide bonds. The molecule has 1 atom stereocenters. The van der Waals surface area contributed by atoms with E-state index in [2.05, 4.69) is 22.0 Å². The monoisotopic (exact) mass is 638 g/mol. The van der Waals surface area contributed by atoms with Gasteiger partial charge in [0, 0.05) is 34.7 Å². The molecule has 0 unspecified atom stereocenters. The smallest absolute Gasteiger partial charge is 0.251 e. The van der Waals surface area contributed by atoms with E-state index < -0.39 is 11.6 Å². The predicted octanol–water partition coefficient (Wildman–Crippen LogP) is 6.34. The molecule has 1 aliphatic heterocycles. The zero-order chi connectivity index (χ0) is 32.7. The van der Waals surface area contributed by atoms with Crippen LogP contribution in [0.25, 0.3) is 11.1 Å². The van der Waals surface area contributed by atoms with Gasteiger partial charge in [0.1, 0.15) is 11.8 Å². The number of rotatable bonds is 12. The number of furan rings is 1. The molecule has 3 aromatic carbocycles. The molecule has 2 heterocycles. The Bertz CT molecular complexity index is 1670. The van der Waals surface area contributed by atoms with Gasteiger partial charge in [0.15, 0.2) is 0 Å². The molecule has 0 saturated heterocycles. The molecule has 0 aliphatic carbocycles. The molecule has 3 N–H and O–H groups in total. The number of hydrogen-bond donors (Lipinski definition) is 3. The second kappa shape index (κ2) is 14.8. The number of fused-ring (bicyclic) bond motifs is 1. The second-order valence-electron chi connectivity index (χ2n) is 12.2. The van der Waals surface area contributed by atoms with E-state index in [0.29, 0.717) is 31.5 Å². The third-order valence-electron chi connectivity index (χ3n) is 8.19. The molecule has 1 aromatic heterocycles. The maximum Gasteiger partial charge on any atom is 0.251 e. The van der Waals surface area contributed by atoms with Crippen LogP contribution < -0.4 is 20.9 Å². The lowest BCUT2D eigenvalue weighted by Crippen LogP contribution is -2.50. The number of aryl methyl sites for hydroxylation is 1. The van der Waals surface area contributed by atoms with Crippen molar-refractivity contribution in [2.45, 2.75) is 69.6 Å². The zero-order valence-electron chi connectivity index (χ0n) is 26.9. The van der Waals surface area contributed by atoms with Crippen LogP contribution >= 0.6 is 11.8 Å². The summed E-state index contributed by atoms with van der Waals surface area (Å²) in [7, 11) is 0. The van der Waals surface area contributed by atoms with E-state index in [-0.39, 0.29) is 30.7 Å². The van der Waals surface area contributed by atoms with E-state index in [0.717, 1.165) is 38.6 Å². The maximum absolute atomic E-state index is 14.3. The molecule has 4 aromatic rings. The lowest BCUT2D eigenvalue weighted by Gasteiger charge is -2.29. The standard InChI is InChI=1S/C37H42N4O4S/c1-5-38-35(43)31-20-25(13-16-30(31)26-10-7-6-8-11-26)24-41-33-18-15-29(46-4)21-27(33)14-17-32(36(41)44)40-34(42)22-37(2,3)39-23-28-12-9-19-45-28/h6-13,15-16,18-21,32,39H,5,14,17,22-24H2,1-4H3,(H,38,43)(H,40,42)/t32-/m1/s1. The first-order valence-corrected chi connectivity index (χ1v) is 16.9. The topological polar surface area (TPSA) is 104 Å². The van der Waals surface area contributed by atoms with Gasteiger partial charge < -0.3 is 25.3 Å². The molecule has 46 heavy (non-hydrogen) atoms. The van der Waals surface area contributed by atoms with Crippen LogP contribution in [0.15, 0.2) is 94.4 Å². The minimum Gasteiger partial charge on any atom is -0.468 e. The Kier molecular flexibility index (Phi) is 10.7. The third kappa shape index (κ3) is 8.08. The Hall–Kier alpha value is -4.34. The fourth-order valence-corrected chi connectivity index (χ4v) is 6.28. The van der Waals surface area contributed by atoms with Crippen LogP contribution in [0.4, 0.5) is 5.69 Å². The summed E-state index contributed by atoms with van der Waals surface area (Å²) in [5.41, 5.74) is 4.52. The number of nitrogens with one attached hydrogen (secondary N) is 3. The summed E-state index contributed by atoms with van der Waals surface area (Å²) in [6, 6.07) is 24.8. The molecule has 240 valence electrons. The van der Waals surface area contributed by atoms with Gasteiger partial charge in [-0.25, -0.2) is 0 Å². The quantitative estimate of drug-likeness (QED) is 0.157. The first kappa shape index (κ1) is 33.0. The van der Waals surface area contributed by atoms with Crippen molar-refractivity contribution in [2.24, 2.45) is 0 Å². The number of carbonyl (C=O) groups excluding carboxylic acids is 3. The van der Waals surface area contributed by atoms with Gasteiger partial charge >= 0.3 is 0 Å². The van der Waals surface area contributed by atoms with Crippen molar-refractivity contribution in [3.63, 3.8) is 0 Å². The van der Waals surface area contributed by atoms with Crippen molar-refractivity contribution in [1.29, 1.82) is 0 Å². The van der Waals surface area contributed by atoms with Crippen molar-refractivity contribution in [3.05, 3.63) is 108 Å². The van der Waals surface area contributed by atoms with Gasteiger partial charge in [-0.05, 0) is 98.5 Å². The van der Waals surface area contributed by atoms with E-state index in [9.17, 15) is 14.4 Å². The molecule has 8 nitrogen and oxygen atoms in total. The number of nitrogens with zero attached hydrogens (tertiary/aromatic N) is 1. The van der Waals surface area contributed by atoms with Crippen molar-refractivity contribution >= 4 is 35.2 Å². The summed E-state index contributed by atoms with van der Waals surface area (Å²) in [6.45, 7) is 7.07. The van der Waals surface area contributed by atoms with Crippen LogP contribution in [0.5, 0.6) is 0 Å². The number of thioether (sulfide) groups is 1. The van der Waals surface area contributed by atoms with Gasteiger partial charge in [-0.1, -0.05) is 42.5 Å². The Morgan fingerprint density at radius 1 is 1.02 bits per heavy atom. The number of carbonyl (C=O) groups is 3. The Labute approximate surface area is 275 Å². The van der Waals surface area contributed by atoms with Gasteiger partial charge in [-0.15, -0.1) is 11.8 Å². The largest absolute Gasteiger partial charge is 0.468 e. The van der Waals surface area contributed by atoms with Gasteiger partial charge in [-0.3, -0.25) is 14.4 Å². The highest BCUT2D eigenvalue weighted by molar-refractivity contribution is 7.98. The molecule has 1 aliphatic rings. The molecule has 9 heteroatoms. The average Bonchev–Trinajstić information content (AvgIpc) is 3.55. The number of amides is 3. The van der Waals surface area contributed by atoms with Crippen LogP contribution in [0.2, 0.25) is 0 Å². The van der Waals surface area contributed by atoms with Crippen LogP contribution in [0, 0.1) is 0 Å². The lowest BCUT2D eigenvalue weighted by molar-refractivity contribution is -0.128. The van der Waals surface area contributed by atoms with Gasteiger partial charge in [0.05, 0.1) is 19.4 Å². The number of benzene rings is 3. The molecule has 0 fully saturated rings. The molecule has 5 rings (SSSR count). The van der Waals surface area contributed by atoms with Gasteiger partial charge in [0.25, 0.3) is 5.91 Å². The molecular weight excluding hydrogens is 596 g/mol. The normalized spacial score (nSPS) is 14.8. The van der Waals surface area contributed by atoms with Crippen molar-refractivity contribution < 1.29 is 18.8 Å². The minimum atomic E-state index is -0.690. The molecule has 0 saturated carbocycles. The Morgan fingerprint density at radius 3 is 2.54 bits per heavy atom. The van der Waals surface area contributed by atoms with Crippen molar-refractivity contribution in [3.8, 4) is 11.1 Å². The summed E-state index contributed by atoms with van der Waals surface area (Å²) in [5.74, 6) is 0.259. The van der Waals surface area contributed by atoms with Gasteiger partial charge in [-0.2, -0.15) is 0 Å².